The van der Waals surface area contributed by atoms with E-state index in [1.165, 1.54) is 27.4 Å². The summed E-state index contributed by atoms with van der Waals surface area (Å²) in [6.45, 7) is 9.27. The van der Waals surface area contributed by atoms with Crippen molar-refractivity contribution < 1.29 is 51.9 Å². The van der Waals surface area contributed by atoms with Gasteiger partial charge in [-0.3, -0.25) is 4.90 Å². The molecule has 3 aliphatic heterocycles. The van der Waals surface area contributed by atoms with Crippen LogP contribution in [0.25, 0.3) is 0 Å². The van der Waals surface area contributed by atoms with Crippen LogP contribution in [0.4, 0.5) is 9.59 Å². The predicted molar refractivity (Wildman–Crippen MR) is 181 cm³/mol. The molecule has 0 saturated carbocycles. The average molecular weight is 718 g/mol. The summed E-state index contributed by atoms with van der Waals surface area (Å²) < 4.78 is 57.3. The van der Waals surface area contributed by atoms with E-state index in [0.717, 1.165) is 5.56 Å². The molecule has 0 unspecified atom stereocenters. The predicted octanol–water partition coefficient (Wildman–Crippen LogP) is 4.19. The first-order valence-electron chi connectivity index (χ1n) is 16.7. The maximum Gasteiger partial charge on any atom is 0.412 e. The first kappa shape index (κ1) is 37.4. The van der Waals surface area contributed by atoms with E-state index in [1.54, 1.807) is 6.92 Å². The molecule has 0 radical (unpaired) electrons. The largest absolute Gasteiger partial charge is 0.465 e. The number of alkyl carbamates (subject to hydrolysis) is 1. The summed E-state index contributed by atoms with van der Waals surface area (Å²) in [6, 6.07) is 11.9. The quantitative estimate of drug-likeness (QED) is 0.168. The molecule has 14 nitrogen and oxygen atoms in total. The van der Waals surface area contributed by atoms with Gasteiger partial charge in [-0.15, -0.1) is 0 Å². The first-order chi connectivity index (χ1) is 23.7. The number of carbonyl (C=O) groups excluding carboxylic acids is 1. The number of ether oxygens (including phenoxy) is 5. The van der Waals surface area contributed by atoms with Gasteiger partial charge in [0.05, 0.1) is 42.1 Å². The van der Waals surface area contributed by atoms with E-state index in [2.05, 4.69) is 11.9 Å². The van der Waals surface area contributed by atoms with Crippen LogP contribution in [0.15, 0.2) is 65.8 Å². The highest BCUT2D eigenvalue weighted by Gasteiger charge is 2.49. The number of fused-ring (bicyclic) bond motifs is 2. The van der Waals surface area contributed by atoms with Crippen molar-refractivity contribution in [2.45, 2.75) is 75.8 Å². The second-order valence-electron chi connectivity index (χ2n) is 13.7. The number of carbonyl (C=O) groups is 2. The number of hydrogen-bond donors (Lipinski definition) is 3. The number of carboxylic acid groups (broad SMARTS) is 1. The van der Waals surface area contributed by atoms with E-state index in [4.69, 9.17) is 23.7 Å². The maximum absolute atomic E-state index is 14.4. The Bertz CT molecular complexity index is 1620. The van der Waals surface area contributed by atoms with E-state index in [0.29, 0.717) is 31.6 Å². The fourth-order valence-electron chi connectivity index (χ4n) is 6.81. The number of nitrogens with one attached hydrogen (secondary N) is 1. The van der Waals surface area contributed by atoms with Gasteiger partial charge in [0.25, 0.3) is 0 Å². The van der Waals surface area contributed by atoms with Crippen molar-refractivity contribution in [3.8, 4) is 11.5 Å². The van der Waals surface area contributed by atoms with Gasteiger partial charge in [0.1, 0.15) is 0 Å². The number of aliphatic hydroxyl groups excluding tert-OH is 1. The van der Waals surface area contributed by atoms with Crippen LogP contribution in [0.1, 0.15) is 45.6 Å². The summed E-state index contributed by atoms with van der Waals surface area (Å²) in [7, 11) is -4.27. The zero-order valence-corrected chi connectivity index (χ0v) is 29.5. The van der Waals surface area contributed by atoms with E-state index < -0.39 is 58.6 Å². The molecule has 0 spiro atoms. The Morgan fingerprint density at radius 1 is 1.12 bits per heavy atom. The van der Waals surface area contributed by atoms with Crippen LogP contribution in [0, 0.1) is 11.3 Å². The fraction of sp³-hybridized carbons (Fsp3) is 0.543. The molecule has 15 heteroatoms. The highest BCUT2D eigenvalue weighted by Crippen LogP contribution is 2.38. The number of aliphatic hydroxyl groups is 1. The minimum Gasteiger partial charge on any atom is -0.465 e. The molecule has 0 aromatic heterocycles. The summed E-state index contributed by atoms with van der Waals surface area (Å²) in [5.74, 6) is 0.744. The number of sulfonamides is 1. The van der Waals surface area contributed by atoms with Gasteiger partial charge < -0.3 is 39.2 Å². The summed E-state index contributed by atoms with van der Waals surface area (Å²) in [5, 5.41) is 25.4. The lowest BCUT2D eigenvalue weighted by Gasteiger charge is -2.40. The molecule has 3 N–H and O–H groups in total. The number of rotatable bonds is 16. The maximum atomic E-state index is 14.4. The molecular formula is C35H47N3O11S. The molecule has 3 heterocycles. The molecule has 3 aliphatic rings. The van der Waals surface area contributed by atoms with Crippen LogP contribution < -0.4 is 14.8 Å². The molecule has 2 aromatic rings. The molecule has 2 fully saturated rings. The Hall–Kier alpha value is -3.89. The summed E-state index contributed by atoms with van der Waals surface area (Å²) in [6.07, 6.45) is -2.09. The van der Waals surface area contributed by atoms with Gasteiger partial charge in [-0.25, -0.2) is 18.0 Å². The Morgan fingerprint density at radius 3 is 2.58 bits per heavy atom. The molecule has 274 valence electrons. The minimum absolute atomic E-state index is 0.0206. The molecule has 2 aromatic carbocycles. The van der Waals surface area contributed by atoms with E-state index in [9.17, 15) is 28.2 Å². The summed E-state index contributed by atoms with van der Waals surface area (Å²) >= 11 is 0. The topological polar surface area (TPSA) is 173 Å². The molecular weight excluding hydrogens is 670 g/mol. The van der Waals surface area contributed by atoms with E-state index >= 15 is 0 Å². The molecule has 5 rings (SSSR count). The number of benzene rings is 2. The van der Waals surface area contributed by atoms with Gasteiger partial charge in [0.2, 0.25) is 16.8 Å². The van der Waals surface area contributed by atoms with Crippen molar-refractivity contribution in [1.29, 1.82) is 0 Å². The Kier molecular flexibility index (Phi) is 11.9. The molecule has 0 aliphatic carbocycles. The van der Waals surface area contributed by atoms with Crippen molar-refractivity contribution >= 4 is 22.2 Å². The third kappa shape index (κ3) is 9.06. The Morgan fingerprint density at radius 2 is 1.86 bits per heavy atom. The van der Waals surface area contributed by atoms with Crippen molar-refractivity contribution in [2.24, 2.45) is 11.3 Å². The lowest BCUT2D eigenvalue weighted by molar-refractivity contribution is -0.0906. The zero-order valence-electron chi connectivity index (χ0n) is 28.7. The number of amides is 2. The second kappa shape index (κ2) is 16.0. The Balaban J connectivity index is 1.43. The summed E-state index contributed by atoms with van der Waals surface area (Å²) in [4.78, 5) is 26.1. The highest BCUT2D eigenvalue weighted by atomic mass is 32.2. The van der Waals surface area contributed by atoms with E-state index in [-0.39, 0.29) is 55.2 Å². The van der Waals surface area contributed by atoms with Crippen LogP contribution in [-0.2, 0) is 30.7 Å². The van der Waals surface area contributed by atoms with Gasteiger partial charge in [-0.05, 0) is 55.7 Å². The van der Waals surface area contributed by atoms with Crippen molar-refractivity contribution in [2.75, 3.05) is 39.6 Å². The van der Waals surface area contributed by atoms with Crippen molar-refractivity contribution in [1.82, 2.24) is 14.5 Å². The smallest absolute Gasteiger partial charge is 0.412 e. The lowest BCUT2D eigenvalue weighted by Crippen LogP contribution is -2.58. The van der Waals surface area contributed by atoms with Gasteiger partial charge in [0.15, 0.2) is 17.8 Å². The monoisotopic (exact) mass is 717 g/mol. The van der Waals surface area contributed by atoms with Crippen LogP contribution in [-0.4, -0.2) is 104 Å². The van der Waals surface area contributed by atoms with Crippen molar-refractivity contribution in [3.63, 3.8) is 0 Å². The van der Waals surface area contributed by atoms with Crippen LogP contribution >= 0.6 is 0 Å². The molecule has 0 bridgehead atoms. The zero-order chi connectivity index (χ0) is 36.1. The number of nitrogens with zero attached hydrogens (tertiary/aromatic N) is 2. The van der Waals surface area contributed by atoms with Crippen molar-refractivity contribution in [3.05, 3.63) is 66.4 Å². The van der Waals surface area contributed by atoms with Gasteiger partial charge >= 0.3 is 12.2 Å². The molecule has 2 saturated heterocycles. The average Bonchev–Trinajstić information content (AvgIpc) is 3.81. The third-order valence-corrected chi connectivity index (χ3v) is 11.0. The van der Waals surface area contributed by atoms with Gasteiger partial charge in [-0.2, -0.15) is 4.31 Å². The molecule has 2 amide bonds. The SMILES string of the molecule is C=C(C)OC(=O)NCCCC(C)(C)CN(C[C@@H](O)[C@H](Cc1ccccc1)N(C(=O)O)[C@H]1CO[C@H]2OCC[C@H]21)S(=O)(=O)c1ccc2c(c1)OCO2. The fourth-order valence-corrected chi connectivity index (χ4v) is 8.47. The lowest BCUT2D eigenvalue weighted by atomic mass is 9.87. The highest BCUT2D eigenvalue weighted by molar-refractivity contribution is 7.89. The Labute approximate surface area is 292 Å². The molecule has 50 heavy (non-hydrogen) atoms. The summed E-state index contributed by atoms with van der Waals surface area (Å²) in [5.41, 5.74) is 0.141. The van der Waals surface area contributed by atoms with Gasteiger partial charge in [-0.1, -0.05) is 50.8 Å². The first-order valence-corrected chi connectivity index (χ1v) is 18.2. The normalized spacial score (nSPS) is 21.0. The van der Waals surface area contributed by atoms with E-state index in [1.807, 2.05) is 44.2 Å². The van der Waals surface area contributed by atoms with Gasteiger partial charge in [0, 0.05) is 31.6 Å². The number of allylic oxidation sites excluding steroid dienone is 1. The van der Waals surface area contributed by atoms with Crippen LogP contribution in [0.3, 0.4) is 0 Å². The van der Waals surface area contributed by atoms with Crippen LogP contribution in [0.2, 0.25) is 0 Å². The number of hydrogen-bond acceptors (Lipinski definition) is 10. The molecule has 5 atom stereocenters. The minimum atomic E-state index is -4.27. The standard InChI is InChI=1S/C35H47N3O11S/c1-23(2)49-33(40)36-15-8-14-35(3,4)21-37(50(43,44)25-11-12-30-31(18-25)48-22-47-30)19-29(39)27(17-24-9-6-5-7-10-24)38(34(41)42)28-20-46-32-26(28)13-16-45-32/h5-7,9-12,18,26-29,32,39H,1,8,13-17,19-22H2,2-4H3,(H,36,40)(H,41,42)/t26-,27-,28-,29+,32+/m0/s1. The third-order valence-electron chi connectivity index (χ3n) is 9.22. The second-order valence-corrected chi connectivity index (χ2v) is 15.6. The van der Waals surface area contributed by atoms with Crippen LogP contribution in [0.5, 0.6) is 11.5 Å².